The number of ether oxygens (including phenoxy) is 1. The zero-order valence-corrected chi connectivity index (χ0v) is 29.0. The molecule has 0 saturated carbocycles. The van der Waals surface area contributed by atoms with Gasteiger partial charge in [-0.05, 0) is 49.4 Å². The van der Waals surface area contributed by atoms with E-state index in [-0.39, 0.29) is 87.0 Å². The van der Waals surface area contributed by atoms with Gasteiger partial charge in [0, 0.05) is 0 Å². The molecule has 15 nitrogen and oxygen atoms in total. The third-order valence-electron chi connectivity index (χ3n) is 4.78. The summed E-state index contributed by atoms with van der Waals surface area (Å²) in [5.41, 5.74) is 6.89. The number of aromatic nitrogens is 2. The van der Waals surface area contributed by atoms with Gasteiger partial charge in [0.15, 0.2) is 21.3 Å². The molecule has 0 aliphatic rings. The van der Waals surface area contributed by atoms with Gasteiger partial charge in [-0.3, -0.25) is 4.18 Å². The van der Waals surface area contributed by atoms with Gasteiger partial charge in [0.1, 0.15) is 21.6 Å². The summed E-state index contributed by atoms with van der Waals surface area (Å²) in [5.74, 6) is -0.625. The molecule has 0 atom stereocenters. The molecule has 20 heteroatoms. The fraction of sp³-hybridized carbons (Fsp3) is 0.190. The minimum absolute atomic E-state index is 0. The second kappa shape index (κ2) is 16.2. The maximum absolute atomic E-state index is 12.5. The predicted molar refractivity (Wildman–Crippen MR) is 137 cm³/mol. The number of methoxy groups -OCH3 is 1. The number of nitrogens with zero attached hydrogens (tertiary/aromatic N) is 4. The topological polar surface area (TPSA) is 236 Å². The van der Waals surface area contributed by atoms with E-state index >= 15 is 0 Å². The van der Waals surface area contributed by atoms with Gasteiger partial charge in [-0.2, -0.15) is 5.10 Å². The molecule has 0 aliphatic heterocycles. The number of aryl methyl sites for hydroxylation is 1. The van der Waals surface area contributed by atoms with Gasteiger partial charge < -0.3 is 19.6 Å². The number of anilines is 1. The van der Waals surface area contributed by atoms with Crippen molar-refractivity contribution in [1.29, 1.82) is 0 Å². The summed E-state index contributed by atoms with van der Waals surface area (Å²) >= 11 is 0. The first-order valence-corrected chi connectivity index (χ1v) is 14.9. The fourth-order valence-electron chi connectivity index (χ4n) is 3.02. The first-order chi connectivity index (χ1) is 18.1. The molecule has 2 aromatic carbocycles. The van der Waals surface area contributed by atoms with Gasteiger partial charge in [-0.15, -0.1) is 23.4 Å². The summed E-state index contributed by atoms with van der Waals surface area (Å²) in [6.07, 6.45) is 0. The number of azo groups is 1. The molecular formula is C21H23N5Na2O10S3. The van der Waals surface area contributed by atoms with Crippen LogP contribution in [0, 0.1) is 6.92 Å². The van der Waals surface area contributed by atoms with E-state index in [2.05, 4.69) is 32.7 Å². The van der Waals surface area contributed by atoms with Crippen molar-refractivity contribution in [3.05, 3.63) is 61.3 Å². The summed E-state index contributed by atoms with van der Waals surface area (Å²) < 4.78 is 100. The van der Waals surface area contributed by atoms with E-state index in [9.17, 15) is 34.4 Å². The molecule has 0 fully saturated rings. The van der Waals surface area contributed by atoms with Crippen molar-refractivity contribution in [2.45, 2.75) is 16.7 Å². The average Bonchev–Trinajstić information content (AvgIpc) is 3.15. The summed E-state index contributed by atoms with van der Waals surface area (Å²) in [6, 6.07) is 8.48. The third-order valence-corrected chi connectivity index (χ3v) is 7.76. The Morgan fingerprint density at radius 3 is 2.02 bits per heavy atom. The Labute approximate surface area is 282 Å². The Bertz CT molecular complexity index is 1690. The standard InChI is InChI=1S/C19H21N5O10S3.C2H4.2Na/c1-12-18(19(20)24(23-12)13-3-5-14(6-4-13)36(27,28)29)22-21-16-11-15(7-8-17(16)33-2)35(25,26)10-9-34-37(30,31)32;1-2;;/h3-8,11H,9-10,20H2,1-2H3,(H,27,28,29)(H,30,31,32);1-2H2;;/q;;2*+1/p-2. The third kappa shape index (κ3) is 10.8. The molecule has 0 spiro atoms. The maximum Gasteiger partial charge on any atom is 1.00 e. The first-order valence-electron chi connectivity index (χ1n) is 10.5. The van der Waals surface area contributed by atoms with E-state index in [4.69, 9.17) is 10.5 Å². The second-order valence-electron chi connectivity index (χ2n) is 7.26. The van der Waals surface area contributed by atoms with Crippen molar-refractivity contribution in [3.8, 4) is 11.4 Å². The monoisotopic (exact) mass is 647 g/mol. The summed E-state index contributed by atoms with van der Waals surface area (Å²) in [4.78, 5) is -0.690. The van der Waals surface area contributed by atoms with Crippen LogP contribution in [0.5, 0.6) is 5.75 Å². The number of sulfone groups is 1. The van der Waals surface area contributed by atoms with Crippen molar-refractivity contribution >= 4 is 47.5 Å². The molecule has 3 aromatic rings. The van der Waals surface area contributed by atoms with Crippen molar-refractivity contribution in [2.24, 2.45) is 10.2 Å². The maximum atomic E-state index is 12.5. The van der Waals surface area contributed by atoms with Crippen LogP contribution in [0.1, 0.15) is 5.69 Å². The van der Waals surface area contributed by atoms with E-state index in [1.165, 1.54) is 36.1 Å². The van der Waals surface area contributed by atoms with Gasteiger partial charge >= 0.3 is 59.1 Å². The van der Waals surface area contributed by atoms with Crippen molar-refractivity contribution in [2.75, 3.05) is 25.2 Å². The molecule has 3 rings (SSSR count). The number of benzene rings is 2. The van der Waals surface area contributed by atoms with E-state index in [0.29, 0.717) is 11.4 Å². The van der Waals surface area contributed by atoms with Crippen LogP contribution in [-0.2, 0) is 34.5 Å². The molecule has 0 unspecified atom stereocenters. The predicted octanol–water partition coefficient (Wildman–Crippen LogP) is -3.85. The largest absolute Gasteiger partial charge is 1.00 e. The van der Waals surface area contributed by atoms with Crippen molar-refractivity contribution < 1.29 is 102 Å². The molecule has 1 aromatic heterocycles. The molecule has 0 saturated heterocycles. The molecule has 2 N–H and O–H groups in total. The molecular weight excluding hydrogens is 624 g/mol. The van der Waals surface area contributed by atoms with Gasteiger partial charge in [-0.1, -0.05) is 0 Å². The number of nitrogens with two attached hydrogens (primary N) is 1. The van der Waals surface area contributed by atoms with Crippen molar-refractivity contribution in [3.63, 3.8) is 0 Å². The van der Waals surface area contributed by atoms with Gasteiger partial charge in [0.05, 0.1) is 40.6 Å². The molecule has 0 radical (unpaired) electrons. The van der Waals surface area contributed by atoms with Gasteiger partial charge in [0.25, 0.3) is 0 Å². The molecule has 0 bridgehead atoms. The van der Waals surface area contributed by atoms with E-state index in [1.54, 1.807) is 6.92 Å². The van der Waals surface area contributed by atoms with Crippen LogP contribution in [0.25, 0.3) is 5.69 Å². The Morgan fingerprint density at radius 1 is 0.951 bits per heavy atom. The first kappa shape index (κ1) is 39.3. The number of rotatable bonds is 10. The fourth-order valence-corrected chi connectivity index (χ4v) is 4.99. The van der Waals surface area contributed by atoms with Crippen LogP contribution >= 0.6 is 0 Å². The Morgan fingerprint density at radius 2 is 1.51 bits per heavy atom. The van der Waals surface area contributed by atoms with Crippen LogP contribution < -0.4 is 69.6 Å². The van der Waals surface area contributed by atoms with E-state index in [1.807, 2.05) is 0 Å². The molecule has 212 valence electrons. The zero-order chi connectivity index (χ0) is 29.6. The van der Waals surface area contributed by atoms with Crippen LogP contribution in [0.15, 0.2) is 75.6 Å². The van der Waals surface area contributed by atoms with E-state index < -0.39 is 47.6 Å². The minimum Gasteiger partial charge on any atom is -0.744 e. The number of hydrogen-bond donors (Lipinski definition) is 1. The van der Waals surface area contributed by atoms with E-state index in [0.717, 1.165) is 18.2 Å². The SMILES string of the molecule is C=C.COc1ccc(S(=O)(=O)CCOS(=O)(=O)[O-])cc1N=Nc1c(C)nn(-c2ccc(S(=O)(=O)[O-])cc2)c1N.[Na+].[Na+]. The van der Waals surface area contributed by atoms with Crippen LogP contribution in [0.4, 0.5) is 17.2 Å². The number of nitrogen functional groups attached to an aromatic ring is 1. The van der Waals surface area contributed by atoms with Crippen molar-refractivity contribution in [1.82, 2.24) is 9.78 Å². The Kier molecular flexibility index (Phi) is 15.6. The Hall–Kier alpha value is -1.68. The smallest absolute Gasteiger partial charge is 0.744 e. The van der Waals surface area contributed by atoms with Gasteiger partial charge in [-0.25, -0.2) is 29.9 Å². The zero-order valence-electron chi connectivity index (χ0n) is 22.5. The summed E-state index contributed by atoms with van der Waals surface area (Å²) in [7, 11) is -12.4. The summed E-state index contributed by atoms with van der Waals surface area (Å²) in [6.45, 7) is 6.70. The van der Waals surface area contributed by atoms with Crippen LogP contribution in [0.3, 0.4) is 0 Å². The summed E-state index contributed by atoms with van der Waals surface area (Å²) in [5, 5.41) is 12.3. The molecule has 0 amide bonds. The molecule has 1 heterocycles. The average molecular weight is 648 g/mol. The normalized spacial score (nSPS) is 11.6. The molecule has 41 heavy (non-hydrogen) atoms. The molecule has 0 aliphatic carbocycles. The van der Waals surface area contributed by atoms with Gasteiger partial charge in [0.2, 0.25) is 10.4 Å². The quantitative estimate of drug-likeness (QED) is 0.0732. The Balaban J connectivity index is 0.00000391. The van der Waals surface area contributed by atoms with Crippen LogP contribution in [-0.4, -0.2) is 63.6 Å². The number of hydrogen-bond acceptors (Lipinski definition) is 14. The second-order valence-corrected chi connectivity index (χ2v) is 11.8. The van der Waals surface area contributed by atoms with Crippen LogP contribution in [0.2, 0.25) is 0 Å². The minimum atomic E-state index is -5.05.